The Balaban J connectivity index is 1.18. The van der Waals surface area contributed by atoms with E-state index in [1.165, 1.54) is 38.5 Å². The number of rotatable bonds is 5. The van der Waals surface area contributed by atoms with Crippen molar-refractivity contribution in [3.63, 3.8) is 0 Å². The van der Waals surface area contributed by atoms with E-state index < -0.39 is 0 Å². The topological polar surface area (TPSA) is 59.6 Å². The van der Waals surface area contributed by atoms with E-state index in [0.717, 1.165) is 35.7 Å². The van der Waals surface area contributed by atoms with Gasteiger partial charge in [0.15, 0.2) is 11.5 Å². The molecule has 4 saturated carbocycles. The molecule has 2 N–H and O–H groups in total. The second kappa shape index (κ2) is 6.15. The Labute approximate surface area is 154 Å². The van der Waals surface area contributed by atoms with Gasteiger partial charge in [-0.1, -0.05) is 0 Å². The van der Waals surface area contributed by atoms with Crippen molar-refractivity contribution >= 4 is 11.6 Å². The van der Waals surface area contributed by atoms with Gasteiger partial charge in [-0.3, -0.25) is 4.79 Å². The summed E-state index contributed by atoms with van der Waals surface area (Å²) in [5, 5.41) is 6.54. The van der Waals surface area contributed by atoms with Crippen LogP contribution in [0.2, 0.25) is 0 Å². The minimum absolute atomic E-state index is 0.00796. The Kier molecular flexibility index (Phi) is 3.89. The van der Waals surface area contributed by atoms with Crippen LogP contribution in [0.1, 0.15) is 45.4 Å². The Bertz CT molecular complexity index is 682. The summed E-state index contributed by atoms with van der Waals surface area (Å²) in [6.45, 7) is 3.19. The van der Waals surface area contributed by atoms with Gasteiger partial charge < -0.3 is 20.1 Å². The third-order valence-electron chi connectivity index (χ3n) is 6.98. The minimum Gasteiger partial charge on any atom is -0.454 e. The summed E-state index contributed by atoms with van der Waals surface area (Å²) in [6.07, 6.45) is 8.46. The Morgan fingerprint density at radius 3 is 2.46 bits per heavy atom. The summed E-state index contributed by atoms with van der Waals surface area (Å²) >= 11 is 0. The zero-order valence-corrected chi connectivity index (χ0v) is 15.4. The van der Waals surface area contributed by atoms with Gasteiger partial charge in [-0.25, -0.2) is 0 Å². The standard InChI is InChI=1S/C21H28N2O3/c1-13(20(24)23-17-2-3-18-19(7-17)26-12-25-18)22-11-21-8-14-4-15(9-21)6-16(5-14)10-21/h2-3,7,13-16,22H,4-6,8-12H2,1H3,(H,23,24)/t13-,14?,15?,16?,21?/m1/s1. The van der Waals surface area contributed by atoms with Gasteiger partial charge in [0, 0.05) is 18.3 Å². The summed E-state index contributed by atoms with van der Waals surface area (Å²) < 4.78 is 10.7. The maximum atomic E-state index is 12.6. The van der Waals surface area contributed by atoms with Gasteiger partial charge in [0.05, 0.1) is 6.04 Å². The van der Waals surface area contributed by atoms with E-state index in [9.17, 15) is 4.79 Å². The van der Waals surface area contributed by atoms with E-state index in [1.807, 2.05) is 25.1 Å². The van der Waals surface area contributed by atoms with Crippen molar-refractivity contribution in [2.24, 2.45) is 23.2 Å². The lowest BCUT2D eigenvalue weighted by Gasteiger charge is -2.57. The predicted octanol–water partition coefficient (Wildman–Crippen LogP) is 3.55. The van der Waals surface area contributed by atoms with Crippen molar-refractivity contribution in [2.45, 2.75) is 51.5 Å². The molecule has 6 rings (SSSR count). The highest BCUT2D eigenvalue weighted by Crippen LogP contribution is 2.59. The van der Waals surface area contributed by atoms with Gasteiger partial charge in [-0.05, 0) is 80.8 Å². The van der Waals surface area contributed by atoms with Crippen molar-refractivity contribution < 1.29 is 14.3 Å². The smallest absolute Gasteiger partial charge is 0.241 e. The number of hydrogen-bond acceptors (Lipinski definition) is 4. The Morgan fingerprint density at radius 2 is 1.77 bits per heavy atom. The number of anilines is 1. The van der Waals surface area contributed by atoms with Gasteiger partial charge in [-0.2, -0.15) is 0 Å². The number of benzene rings is 1. The second-order valence-electron chi connectivity index (χ2n) is 9.08. The molecule has 1 heterocycles. The Morgan fingerprint density at radius 1 is 1.12 bits per heavy atom. The molecule has 1 amide bonds. The van der Waals surface area contributed by atoms with Crippen LogP contribution in [0.5, 0.6) is 11.5 Å². The van der Waals surface area contributed by atoms with Crippen molar-refractivity contribution in [1.29, 1.82) is 0 Å². The van der Waals surface area contributed by atoms with Gasteiger partial charge in [0.2, 0.25) is 12.7 Å². The lowest BCUT2D eigenvalue weighted by atomic mass is 9.49. The maximum Gasteiger partial charge on any atom is 0.241 e. The molecule has 1 atom stereocenters. The third kappa shape index (κ3) is 2.96. The van der Waals surface area contributed by atoms with Crippen LogP contribution in [0.4, 0.5) is 5.69 Å². The first-order chi connectivity index (χ1) is 12.6. The molecular formula is C21H28N2O3. The van der Waals surface area contributed by atoms with Crippen molar-refractivity contribution in [1.82, 2.24) is 5.32 Å². The number of ether oxygens (including phenoxy) is 2. The van der Waals surface area contributed by atoms with Gasteiger partial charge in [0.25, 0.3) is 0 Å². The number of carbonyl (C=O) groups is 1. The van der Waals surface area contributed by atoms with E-state index in [0.29, 0.717) is 11.2 Å². The van der Waals surface area contributed by atoms with Crippen LogP contribution >= 0.6 is 0 Å². The monoisotopic (exact) mass is 356 g/mol. The molecular weight excluding hydrogens is 328 g/mol. The first-order valence-corrected chi connectivity index (χ1v) is 10.0. The number of carbonyl (C=O) groups excluding carboxylic acids is 1. The van der Waals surface area contributed by atoms with Crippen LogP contribution in [0, 0.1) is 23.2 Å². The molecule has 5 nitrogen and oxygen atoms in total. The molecule has 0 saturated heterocycles. The van der Waals surface area contributed by atoms with E-state index in [1.54, 1.807) is 0 Å². The quantitative estimate of drug-likeness (QED) is 0.847. The SMILES string of the molecule is C[C@@H](NCC12CC3CC(CC(C3)C1)C2)C(=O)Nc1ccc2c(c1)OCO2. The fourth-order valence-electron chi connectivity index (χ4n) is 6.19. The molecule has 4 fully saturated rings. The summed E-state index contributed by atoms with van der Waals surface area (Å²) in [6, 6.07) is 5.32. The highest BCUT2D eigenvalue weighted by atomic mass is 16.7. The van der Waals surface area contributed by atoms with Crippen LogP contribution in [0.15, 0.2) is 18.2 Å². The fourth-order valence-corrected chi connectivity index (χ4v) is 6.19. The predicted molar refractivity (Wildman–Crippen MR) is 99.3 cm³/mol. The average molecular weight is 356 g/mol. The van der Waals surface area contributed by atoms with Crippen LogP contribution in [0.3, 0.4) is 0 Å². The number of fused-ring (bicyclic) bond motifs is 1. The summed E-state index contributed by atoms with van der Waals surface area (Å²) in [4.78, 5) is 12.6. The molecule has 0 spiro atoms. The minimum atomic E-state index is -0.201. The lowest BCUT2D eigenvalue weighted by Crippen LogP contribution is -2.52. The second-order valence-corrected chi connectivity index (χ2v) is 9.08. The van der Waals surface area contributed by atoms with E-state index >= 15 is 0 Å². The molecule has 0 radical (unpaired) electrons. The molecule has 0 unspecified atom stereocenters. The number of amides is 1. The molecule has 5 heteroatoms. The number of hydrogen-bond donors (Lipinski definition) is 2. The van der Waals surface area contributed by atoms with Crippen molar-refractivity contribution in [3.05, 3.63) is 18.2 Å². The Hall–Kier alpha value is -1.75. The molecule has 26 heavy (non-hydrogen) atoms. The molecule has 0 aromatic heterocycles. The zero-order chi connectivity index (χ0) is 17.7. The van der Waals surface area contributed by atoms with Crippen molar-refractivity contribution in [2.75, 3.05) is 18.7 Å². The first-order valence-electron chi connectivity index (χ1n) is 10.0. The molecule has 1 aromatic carbocycles. The summed E-state index contributed by atoms with van der Waals surface area (Å²) in [5.41, 5.74) is 1.20. The molecule has 140 valence electrons. The average Bonchev–Trinajstić information content (AvgIpc) is 3.06. The van der Waals surface area contributed by atoms with Crippen LogP contribution in [-0.2, 0) is 4.79 Å². The third-order valence-corrected chi connectivity index (χ3v) is 6.98. The fraction of sp³-hybridized carbons (Fsp3) is 0.667. The molecule has 1 aromatic rings. The highest BCUT2D eigenvalue weighted by molar-refractivity contribution is 5.94. The largest absolute Gasteiger partial charge is 0.454 e. The molecule has 5 aliphatic rings. The van der Waals surface area contributed by atoms with E-state index in [4.69, 9.17) is 9.47 Å². The van der Waals surface area contributed by atoms with Gasteiger partial charge in [0.1, 0.15) is 0 Å². The van der Waals surface area contributed by atoms with Crippen LogP contribution < -0.4 is 20.1 Å². The molecule has 4 aliphatic carbocycles. The molecule has 1 aliphatic heterocycles. The van der Waals surface area contributed by atoms with Gasteiger partial charge in [-0.15, -0.1) is 0 Å². The zero-order valence-electron chi connectivity index (χ0n) is 15.4. The summed E-state index contributed by atoms with van der Waals surface area (Å²) in [7, 11) is 0. The van der Waals surface area contributed by atoms with E-state index in [2.05, 4.69) is 10.6 Å². The summed E-state index contributed by atoms with van der Waals surface area (Å²) in [5.74, 6) is 4.27. The van der Waals surface area contributed by atoms with E-state index in [-0.39, 0.29) is 18.7 Å². The first kappa shape index (κ1) is 16.4. The number of nitrogens with one attached hydrogen (secondary N) is 2. The lowest BCUT2D eigenvalue weighted by molar-refractivity contribution is -0.118. The van der Waals surface area contributed by atoms with Crippen LogP contribution in [-0.4, -0.2) is 25.3 Å². The van der Waals surface area contributed by atoms with Crippen LogP contribution in [0.25, 0.3) is 0 Å². The highest BCUT2D eigenvalue weighted by Gasteiger charge is 2.50. The maximum absolute atomic E-state index is 12.6. The van der Waals surface area contributed by atoms with Gasteiger partial charge >= 0.3 is 0 Å². The van der Waals surface area contributed by atoms with Crippen molar-refractivity contribution in [3.8, 4) is 11.5 Å². The normalized spacial score (nSPS) is 34.7. The molecule has 4 bridgehead atoms.